The summed E-state index contributed by atoms with van der Waals surface area (Å²) < 4.78 is 50.5. The quantitative estimate of drug-likeness (QED) is 0.516. The van der Waals surface area contributed by atoms with Gasteiger partial charge >= 0.3 is 22.0 Å². The van der Waals surface area contributed by atoms with Crippen LogP contribution in [0.4, 0.5) is 13.6 Å². The summed E-state index contributed by atoms with van der Waals surface area (Å²) in [4.78, 5) is 10.3. The monoisotopic (exact) mass is 220 g/mol. The minimum absolute atomic E-state index is 0.530. The van der Waals surface area contributed by atoms with E-state index in [-0.39, 0.29) is 0 Å². The van der Waals surface area contributed by atoms with E-state index in [2.05, 4.69) is 8.92 Å². The second-order valence-electron chi connectivity index (χ2n) is 1.66. The van der Waals surface area contributed by atoms with E-state index >= 15 is 0 Å². The Hall–Kier alpha value is -0.960. The van der Waals surface area contributed by atoms with Gasteiger partial charge in [-0.15, -0.1) is 0 Å². The average Bonchev–Trinajstić information content (AvgIpc) is 1.99. The Morgan fingerprint density at radius 3 is 2.38 bits per heavy atom. The molecule has 6 nitrogen and oxygen atoms in total. The highest BCUT2D eigenvalue weighted by molar-refractivity contribution is 7.87. The highest BCUT2D eigenvalue weighted by atomic mass is 32.2. The number of carbonyl (C=O) groups is 1. The van der Waals surface area contributed by atoms with Gasteiger partial charge in [-0.3, -0.25) is 0 Å². The number of rotatable bonds is 4. The van der Waals surface area contributed by atoms with Crippen molar-refractivity contribution in [2.45, 2.75) is 5.76 Å². The molecule has 0 heterocycles. The van der Waals surface area contributed by atoms with Gasteiger partial charge in [0.25, 0.3) is 0 Å². The molecule has 0 amide bonds. The van der Waals surface area contributed by atoms with E-state index in [0.717, 1.165) is 0 Å². The lowest BCUT2D eigenvalue weighted by atomic mass is 10.8. The fraction of sp³-hybridized carbons (Fsp3) is 0.750. The van der Waals surface area contributed by atoms with Crippen LogP contribution in [0.5, 0.6) is 0 Å². The third-order valence-electron chi connectivity index (χ3n) is 0.714. The van der Waals surface area contributed by atoms with Crippen LogP contribution in [-0.4, -0.2) is 38.7 Å². The van der Waals surface area contributed by atoms with Crippen molar-refractivity contribution in [3.8, 4) is 0 Å². The minimum Gasteiger partial charge on any atom is -0.431 e. The second-order valence-corrected chi connectivity index (χ2v) is 3.17. The van der Waals surface area contributed by atoms with Crippen molar-refractivity contribution >= 4 is 16.3 Å². The molecule has 0 aromatic heterocycles. The van der Waals surface area contributed by atoms with E-state index < -0.39 is 35.2 Å². The number of halogens is 2. The summed E-state index contributed by atoms with van der Waals surface area (Å²) >= 11 is 0. The Kier molecular flexibility index (Phi) is 4.56. The van der Waals surface area contributed by atoms with Crippen molar-refractivity contribution in [3.05, 3.63) is 0 Å². The first-order valence-electron chi connectivity index (χ1n) is 2.89. The van der Waals surface area contributed by atoms with Gasteiger partial charge in [0.15, 0.2) is 0 Å². The molecule has 13 heavy (non-hydrogen) atoms. The topological polar surface area (TPSA) is 89.9 Å². The number of ether oxygens (including phenoxy) is 1. The predicted octanol–water partition coefficient (Wildman–Crippen LogP) is -0.316. The van der Waals surface area contributed by atoms with E-state index in [1.165, 1.54) is 0 Å². The molecular weight excluding hydrogens is 214 g/mol. The third-order valence-corrected chi connectivity index (χ3v) is 1.52. The normalized spacial score (nSPS) is 11.4. The molecule has 78 valence electrons. The van der Waals surface area contributed by atoms with Crippen LogP contribution in [0.15, 0.2) is 0 Å². The molecule has 1 N–H and O–H groups in total. The largest absolute Gasteiger partial charge is 0.524 e. The zero-order valence-corrected chi connectivity index (χ0v) is 6.96. The first kappa shape index (κ1) is 12.0. The maximum absolute atomic E-state index is 11.5. The summed E-state index contributed by atoms with van der Waals surface area (Å²) in [6, 6.07) is 0. The summed E-state index contributed by atoms with van der Waals surface area (Å²) in [6.07, 6.45) is -1.80. The molecule has 0 fully saturated rings. The molecular formula is C4H6F2O6S. The third kappa shape index (κ3) is 4.58. The zero-order chi connectivity index (χ0) is 10.5. The molecule has 0 unspecified atom stereocenters. The van der Waals surface area contributed by atoms with Gasteiger partial charge in [0.05, 0.1) is 6.61 Å². The first-order chi connectivity index (χ1) is 5.90. The van der Waals surface area contributed by atoms with Crippen molar-refractivity contribution in [2.24, 2.45) is 0 Å². The molecule has 0 aromatic rings. The summed E-state index contributed by atoms with van der Waals surface area (Å²) in [5, 5.41) is 8.09. The molecule has 0 spiro atoms. The van der Waals surface area contributed by atoms with Gasteiger partial charge in [-0.25, -0.2) is 4.79 Å². The fourth-order valence-electron chi connectivity index (χ4n) is 0.284. The van der Waals surface area contributed by atoms with Crippen molar-refractivity contribution < 1.29 is 36.0 Å². The van der Waals surface area contributed by atoms with Crippen LogP contribution in [0.25, 0.3) is 0 Å². The number of aliphatic hydroxyl groups excluding tert-OH is 1. The number of carbonyl (C=O) groups excluding carboxylic acids is 1. The van der Waals surface area contributed by atoms with Crippen LogP contribution in [-0.2, 0) is 19.0 Å². The predicted molar refractivity (Wildman–Crippen MR) is 34.4 cm³/mol. The first-order valence-corrected chi connectivity index (χ1v) is 4.36. The van der Waals surface area contributed by atoms with Gasteiger partial charge in [0, 0.05) is 0 Å². The van der Waals surface area contributed by atoms with Gasteiger partial charge in [0.1, 0.15) is 6.61 Å². The van der Waals surface area contributed by atoms with Gasteiger partial charge in [-0.2, -0.15) is 17.2 Å². The molecule has 0 saturated heterocycles. The number of hydrogen-bond donors (Lipinski definition) is 1. The summed E-state index contributed by atoms with van der Waals surface area (Å²) in [5.41, 5.74) is 0. The molecule has 0 radical (unpaired) electrons. The van der Waals surface area contributed by atoms with Crippen molar-refractivity contribution in [2.75, 3.05) is 13.2 Å². The van der Waals surface area contributed by atoms with Crippen LogP contribution >= 0.6 is 0 Å². The van der Waals surface area contributed by atoms with Crippen LogP contribution in [0.2, 0.25) is 0 Å². The highest BCUT2D eigenvalue weighted by Crippen LogP contribution is 2.07. The molecule has 0 rings (SSSR count). The number of aliphatic hydroxyl groups is 1. The van der Waals surface area contributed by atoms with E-state index in [1.54, 1.807) is 0 Å². The lowest BCUT2D eigenvalue weighted by Gasteiger charge is -2.03. The van der Waals surface area contributed by atoms with Crippen LogP contribution in [0.3, 0.4) is 0 Å². The van der Waals surface area contributed by atoms with Crippen molar-refractivity contribution in [3.63, 3.8) is 0 Å². The molecule has 0 bridgehead atoms. The van der Waals surface area contributed by atoms with Gasteiger partial charge in [-0.05, 0) is 0 Å². The zero-order valence-electron chi connectivity index (χ0n) is 6.14. The standard InChI is InChI=1S/C4H6F2O6S/c5-3(6)13(9,10)12-4(8)11-2-1-7/h3,7H,1-2H2. The smallest absolute Gasteiger partial charge is 0.431 e. The molecule has 0 aromatic carbocycles. The van der Waals surface area contributed by atoms with E-state index in [1.807, 2.05) is 0 Å². The minimum atomic E-state index is -5.22. The van der Waals surface area contributed by atoms with Gasteiger partial charge < -0.3 is 14.0 Å². The van der Waals surface area contributed by atoms with E-state index in [4.69, 9.17) is 5.11 Å². The molecule has 9 heteroatoms. The Bertz CT molecular complexity index is 260. The lowest BCUT2D eigenvalue weighted by molar-refractivity contribution is 0.0785. The lowest BCUT2D eigenvalue weighted by Crippen LogP contribution is -2.21. The maximum Gasteiger partial charge on any atom is 0.524 e. The van der Waals surface area contributed by atoms with Crippen LogP contribution in [0, 0.1) is 0 Å². The van der Waals surface area contributed by atoms with Gasteiger partial charge in [-0.1, -0.05) is 0 Å². The Labute approximate surface area is 72.2 Å². The second kappa shape index (κ2) is 4.92. The summed E-state index contributed by atoms with van der Waals surface area (Å²) in [7, 11) is -5.22. The SMILES string of the molecule is O=C(OCCO)OS(=O)(=O)C(F)F. The fourth-order valence-corrected chi connectivity index (χ4v) is 0.595. The Morgan fingerprint density at radius 2 is 2.00 bits per heavy atom. The van der Waals surface area contributed by atoms with E-state index in [9.17, 15) is 22.0 Å². The van der Waals surface area contributed by atoms with Crippen LogP contribution in [0.1, 0.15) is 0 Å². The number of alkyl halides is 2. The highest BCUT2D eigenvalue weighted by Gasteiger charge is 2.29. The molecule has 0 atom stereocenters. The Morgan fingerprint density at radius 1 is 1.46 bits per heavy atom. The molecule has 0 aliphatic carbocycles. The summed E-state index contributed by atoms with van der Waals surface area (Å²) in [5.74, 6) is -3.81. The maximum atomic E-state index is 11.5. The molecule has 0 aliphatic rings. The average molecular weight is 220 g/mol. The summed E-state index contributed by atoms with van der Waals surface area (Å²) in [6.45, 7) is -1.10. The van der Waals surface area contributed by atoms with Crippen LogP contribution < -0.4 is 0 Å². The molecule has 0 aliphatic heterocycles. The molecule has 0 saturated carbocycles. The van der Waals surface area contributed by atoms with E-state index in [0.29, 0.717) is 0 Å². The Balaban J connectivity index is 4.06. The van der Waals surface area contributed by atoms with Crippen molar-refractivity contribution in [1.82, 2.24) is 0 Å². The number of hydrogen-bond acceptors (Lipinski definition) is 6. The van der Waals surface area contributed by atoms with Gasteiger partial charge in [0.2, 0.25) is 0 Å². The van der Waals surface area contributed by atoms with Crippen molar-refractivity contribution in [1.29, 1.82) is 0 Å².